The van der Waals surface area contributed by atoms with Crippen LogP contribution in [0.25, 0.3) is 16.6 Å². The average molecular weight is 514 g/mol. The summed E-state index contributed by atoms with van der Waals surface area (Å²) in [4.78, 5) is 50.8. The number of nitrogens with one attached hydrogen (secondary N) is 1. The zero-order valence-corrected chi connectivity index (χ0v) is 21.8. The summed E-state index contributed by atoms with van der Waals surface area (Å²) in [6, 6.07) is 18.8. The molecule has 4 rings (SSSR count). The number of aldehydes is 1. The number of nitrogens with zero attached hydrogens (tertiary/aromatic N) is 2. The van der Waals surface area contributed by atoms with Crippen LogP contribution < -0.4 is 21.3 Å². The Hall–Kier alpha value is -4.46. The van der Waals surface area contributed by atoms with E-state index in [1.165, 1.54) is 11.7 Å². The number of carbonyl (C=O) groups excluding carboxylic acids is 2. The maximum Gasteiger partial charge on any atom is 0.336 e. The van der Waals surface area contributed by atoms with Crippen molar-refractivity contribution in [2.75, 3.05) is 13.7 Å². The second kappa shape index (κ2) is 11.7. The number of hydrogen-bond donors (Lipinski definition) is 1. The molecular weight excluding hydrogens is 482 g/mol. The largest absolute Gasteiger partial charge is 0.496 e. The molecule has 0 radical (unpaired) electrons. The number of aromatic nitrogens is 2. The summed E-state index contributed by atoms with van der Waals surface area (Å²) in [6.45, 7) is 4.93. The van der Waals surface area contributed by atoms with E-state index in [1.54, 1.807) is 66.7 Å². The Balaban J connectivity index is 1.73. The van der Waals surface area contributed by atoms with Crippen LogP contribution in [0, 0.1) is 5.92 Å². The lowest BCUT2D eigenvalue weighted by molar-refractivity contribution is -0.120. The summed E-state index contributed by atoms with van der Waals surface area (Å²) in [5, 5.41) is 3.30. The Morgan fingerprint density at radius 1 is 1.03 bits per heavy atom. The van der Waals surface area contributed by atoms with Gasteiger partial charge in [-0.3, -0.25) is 19.0 Å². The minimum Gasteiger partial charge on any atom is -0.496 e. The van der Waals surface area contributed by atoms with Crippen LogP contribution in [-0.4, -0.2) is 35.0 Å². The minimum atomic E-state index is -0.522. The first kappa shape index (κ1) is 26.6. The van der Waals surface area contributed by atoms with Crippen LogP contribution in [0.5, 0.6) is 5.75 Å². The van der Waals surface area contributed by atoms with Crippen LogP contribution in [0.4, 0.5) is 0 Å². The fourth-order valence-electron chi connectivity index (χ4n) is 4.38. The summed E-state index contributed by atoms with van der Waals surface area (Å²) >= 11 is 0. The molecule has 0 bridgehead atoms. The van der Waals surface area contributed by atoms with Crippen LogP contribution in [0.15, 0.2) is 76.3 Å². The van der Waals surface area contributed by atoms with Gasteiger partial charge in [0, 0.05) is 17.7 Å². The molecule has 3 aromatic carbocycles. The molecule has 196 valence electrons. The molecular formula is C30H31N3O5. The molecule has 0 spiro atoms. The van der Waals surface area contributed by atoms with E-state index < -0.39 is 11.2 Å². The average Bonchev–Trinajstić information content (AvgIpc) is 2.91. The Morgan fingerprint density at radius 2 is 1.76 bits per heavy atom. The highest BCUT2D eigenvalue weighted by atomic mass is 16.5. The van der Waals surface area contributed by atoms with Gasteiger partial charge in [0.25, 0.3) is 5.56 Å². The summed E-state index contributed by atoms with van der Waals surface area (Å²) in [7, 11) is 1.52. The van der Waals surface area contributed by atoms with Crippen LogP contribution in [0.3, 0.4) is 0 Å². The van der Waals surface area contributed by atoms with E-state index >= 15 is 0 Å². The molecule has 0 fully saturated rings. The van der Waals surface area contributed by atoms with E-state index in [2.05, 4.69) is 19.2 Å². The van der Waals surface area contributed by atoms with Gasteiger partial charge in [0.2, 0.25) is 5.91 Å². The van der Waals surface area contributed by atoms with Gasteiger partial charge >= 0.3 is 5.69 Å². The number of amides is 1. The molecule has 0 aliphatic heterocycles. The van der Waals surface area contributed by atoms with Gasteiger partial charge in [0.05, 0.1) is 36.7 Å². The maximum atomic E-state index is 13.8. The second-order valence-corrected chi connectivity index (χ2v) is 9.59. The number of rotatable bonds is 10. The number of carbonyl (C=O) groups is 2. The van der Waals surface area contributed by atoms with Gasteiger partial charge in [-0.2, -0.15) is 0 Å². The summed E-state index contributed by atoms with van der Waals surface area (Å²) in [6.07, 6.45) is 1.85. The van der Waals surface area contributed by atoms with Crippen molar-refractivity contribution < 1.29 is 14.3 Å². The third-order valence-electron chi connectivity index (χ3n) is 6.42. The molecule has 0 saturated heterocycles. The lowest BCUT2D eigenvalue weighted by atomic mass is 10.1. The number of benzene rings is 3. The summed E-state index contributed by atoms with van der Waals surface area (Å²) in [5.41, 5.74) is 1.79. The molecule has 1 aromatic heterocycles. The Labute approximate surface area is 220 Å². The Kier molecular flexibility index (Phi) is 8.21. The predicted octanol–water partition coefficient (Wildman–Crippen LogP) is 3.73. The Morgan fingerprint density at radius 3 is 2.45 bits per heavy atom. The van der Waals surface area contributed by atoms with Crippen LogP contribution in [0.1, 0.15) is 41.8 Å². The zero-order chi connectivity index (χ0) is 27.2. The van der Waals surface area contributed by atoms with Gasteiger partial charge in [-0.1, -0.05) is 38.1 Å². The van der Waals surface area contributed by atoms with Gasteiger partial charge in [-0.25, -0.2) is 9.36 Å². The fourth-order valence-corrected chi connectivity index (χ4v) is 4.38. The number of methoxy groups -OCH3 is 1. The Bertz CT molecular complexity index is 1580. The highest BCUT2D eigenvalue weighted by molar-refractivity contribution is 5.79. The first-order valence-corrected chi connectivity index (χ1v) is 12.5. The van der Waals surface area contributed by atoms with Gasteiger partial charge in [-0.05, 0) is 60.4 Å². The molecule has 0 unspecified atom stereocenters. The van der Waals surface area contributed by atoms with E-state index in [4.69, 9.17) is 4.74 Å². The van der Waals surface area contributed by atoms with E-state index in [0.717, 1.165) is 22.8 Å². The standard InChI is InChI=1S/C30H31N3O5/c1-20(2)14-15-31-28(35)17-21-8-11-24(12-9-21)33-29(36)25-6-4-5-7-26(25)32(30(33)37)18-23-16-22(19-34)10-13-27(23)38-3/h4-13,16,19-20H,14-15,17-18H2,1-3H3,(H,31,35). The molecule has 4 aromatic rings. The zero-order valence-electron chi connectivity index (χ0n) is 21.8. The number of ether oxygens (including phenoxy) is 1. The number of para-hydroxylation sites is 1. The minimum absolute atomic E-state index is 0.0740. The van der Waals surface area contributed by atoms with E-state index in [0.29, 0.717) is 45.9 Å². The van der Waals surface area contributed by atoms with Crippen molar-refractivity contribution >= 4 is 23.1 Å². The molecule has 8 nitrogen and oxygen atoms in total. The van der Waals surface area contributed by atoms with Crippen molar-refractivity contribution in [1.82, 2.24) is 14.5 Å². The van der Waals surface area contributed by atoms with Crippen molar-refractivity contribution in [3.05, 3.63) is 104 Å². The lowest BCUT2D eigenvalue weighted by Crippen LogP contribution is -2.39. The first-order chi connectivity index (χ1) is 18.3. The van der Waals surface area contributed by atoms with E-state index in [1.807, 2.05) is 0 Å². The van der Waals surface area contributed by atoms with Gasteiger partial charge in [0.1, 0.15) is 12.0 Å². The quantitative estimate of drug-likeness (QED) is 0.326. The third-order valence-corrected chi connectivity index (χ3v) is 6.42. The third kappa shape index (κ3) is 5.75. The molecule has 38 heavy (non-hydrogen) atoms. The highest BCUT2D eigenvalue weighted by Gasteiger charge is 2.16. The normalized spacial score (nSPS) is 11.1. The van der Waals surface area contributed by atoms with Crippen molar-refractivity contribution in [2.24, 2.45) is 5.92 Å². The smallest absolute Gasteiger partial charge is 0.336 e. The first-order valence-electron chi connectivity index (χ1n) is 12.5. The monoisotopic (exact) mass is 513 g/mol. The second-order valence-electron chi connectivity index (χ2n) is 9.59. The van der Waals surface area contributed by atoms with Crippen molar-refractivity contribution in [1.29, 1.82) is 0 Å². The van der Waals surface area contributed by atoms with Gasteiger partial charge < -0.3 is 10.1 Å². The fraction of sp³-hybridized carbons (Fsp3) is 0.267. The van der Waals surface area contributed by atoms with Crippen molar-refractivity contribution in [3.8, 4) is 11.4 Å². The number of fused-ring (bicyclic) bond motifs is 1. The topological polar surface area (TPSA) is 99.4 Å². The van der Waals surface area contributed by atoms with Crippen molar-refractivity contribution in [3.63, 3.8) is 0 Å². The molecule has 1 heterocycles. The van der Waals surface area contributed by atoms with E-state index in [-0.39, 0.29) is 18.9 Å². The molecule has 0 aliphatic rings. The lowest BCUT2D eigenvalue weighted by Gasteiger charge is -2.16. The maximum absolute atomic E-state index is 13.8. The van der Waals surface area contributed by atoms with Crippen LogP contribution >= 0.6 is 0 Å². The molecule has 1 amide bonds. The molecule has 1 N–H and O–H groups in total. The van der Waals surface area contributed by atoms with Crippen LogP contribution in [-0.2, 0) is 17.8 Å². The number of hydrogen-bond acceptors (Lipinski definition) is 5. The SMILES string of the molecule is COc1ccc(C=O)cc1Cn1c(=O)n(-c2ccc(CC(=O)NCCC(C)C)cc2)c(=O)c2ccccc21. The summed E-state index contributed by atoms with van der Waals surface area (Å²) in [5.74, 6) is 0.962. The molecule has 8 heteroatoms. The van der Waals surface area contributed by atoms with Gasteiger partial charge in [0.15, 0.2) is 0 Å². The van der Waals surface area contributed by atoms with E-state index in [9.17, 15) is 19.2 Å². The predicted molar refractivity (Wildman–Crippen MR) is 147 cm³/mol. The van der Waals surface area contributed by atoms with Crippen LogP contribution in [0.2, 0.25) is 0 Å². The molecule has 0 aliphatic carbocycles. The highest BCUT2D eigenvalue weighted by Crippen LogP contribution is 2.22. The van der Waals surface area contributed by atoms with Crippen molar-refractivity contribution in [2.45, 2.75) is 33.2 Å². The van der Waals surface area contributed by atoms with Gasteiger partial charge in [-0.15, -0.1) is 0 Å². The summed E-state index contributed by atoms with van der Waals surface area (Å²) < 4.78 is 8.09. The molecule has 0 atom stereocenters. The molecule has 0 saturated carbocycles.